The normalized spacial score (nSPS) is 21.5. The first-order chi connectivity index (χ1) is 9.56. The number of amides is 1. The molecule has 0 aliphatic heterocycles. The monoisotopic (exact) mass is 310 g/mol. The number of hydrogen-bond donors (Lipinski definition) is 1. The van der Waals surface area contributed by atoms with E-state index in [2.05, 4.69) is 31.2 Å². The summed E-state index contributed by atoms with van der Waals surface area (Å²) in [6, 6.07) is 8.56. The van der Waals surface area contributed by atoms with Gasteiger partial charge in [-0.1, -0.05) is 42.7 Å². The van der Waals surface area contributed by atoms with Gasteiger partial charge in [-0.2, -0.15) is 0 Å². The molecule has 0 saturated heterocycles. The Balaban J connectivity index is 0.00000220. The van der Waals surface area contributed by atoms with Gasteiger partial charge in [-0.05, 0) is 31.2 Å². The van der Waals surface area contributed by atoms with Gasteiger partial charge in [0, 0.05) is 26.1 Å². The van der Waals surface area contributed by atoms with Crippen LogP contribution in [0.2, 0.25) is 0 Å². The highest BCUT2D eigenvalue weighted by molar-refractivity contribution is 5.85. The van der Waals surface area contributed by atoms with E-state index in [1.807, 2.05) is 11.9 Å². The molecule has 1 aromatic rings. The smallest absolute Gasteiger partial charge is 0.222 e. The van der Waals surface area contributed by atoms with E-state index in [0.717, 1.165) is 12.8 Å². The Morgan fingerprint density at radius 3 is 2.48 bits per heavy atom. The van der Waals surface area contributed by atoms with Crippen molar-refractivity contribution in [2.75, 3.05) is 7.05 Å². The Labute approximate surface area is 134 Å². The van der Waals surface area contributed by atoms with Gasteiger partial charge in [0.25, 0.3) is 0 Å². The third-order valence-corrected chi connectivity index (χ3v) is 4.37. The summed E-state index contributed by atoms with van der Waals surface area (Å²) in [5.41, 5.74) is 8.55. The van der Waals surface area contributed by atoms with Crippen molar-refractivity contribution in [3.8, 4) is 0 Å². The van der Waals surface area contributed by atoms with Crippen LogP contribution in [0.3, 0.4) is 0 Å². The fourth-order valence-corrected chi connectivity index (χ4v) is 2.93. The summed E-state index contributed by atoms with van der Waals surface area (Å²) in [5.74, 6) is 0.588. The minimum absolute atomic E-state index is 0. The molecule has 2 unspecified atom stereocenters. The van der Waals surface area contributed by atoms with Crippen molar-refractivity contribution in [3.63, 3.8) is 0 Å². The zero-order chi connectivity index (χ0) is 14.5. The summed E-state index contributed by atoms with van der Waals surface area (Å²) in [7, 11) is 1.89. The first-order valence-corrected chi connectivity index (χ1v) is 7.61. The molecular formula is C17H27ClN2O. The van der Waals surface area contributed by atoms with Crippen molar-refractivity contribution >= 4 is 18.3 Å². The Bertz CT molecular complexity index is 447. The van der Waals surface area contributed by atoms with Gasteiger partial charge in [-0.25, -0.2) is 0 Å². The molecule has 0 radical (unpaired) electrons. The predicted molar refractivity (Wildman–Crippen MR) is 89.5 cm³/mol. The zero-order valence-corrected chi connectivity index (χ0v) is 13.9. The molecule has 3 nitrogen and oxygen atoms in total. The number of carbonyl (C=O) groups excluding carboxylic acids is 1. The average Bonchev–Trinajstić information content (AvgIpc) is 2.44. The van der Waals surface area contributed by atoms with Gasteiger partial charge in [0.1, 0.15) is 0 Å². The van der Waals surface area contributed by atoms with Crippen molar-refractivity contribution in [2.24, 2.45) is 11.7 Å². The third-order valence-electron chi connectivity index (χ3n) is 4.37. The van der Waals surface area contributed by atoms with E-state index in [1.165, 1.54) is 24.0 Å². The van der Waals surface area contributed by atoms with E-state index in [4.69, 9.17) is 5.73 Å². The number of hydrogen-bond acceptors (Lipinski definition) is 2. The lowest BCUT2D eigenvalue weighted by atomic mass is 9.83. The van der Waals surface area contributed by atoms with Crippen molar-refractivity contribution < 1.29 is 4.79 Å². The highest BCUT2D eigenvalue weighted by Gasteiger charge is 2.25. The second-order valence-electron chi connectivity index (χ2n) is 6.15. The molecule has 0 bridgehead atoms. The summed E-state index contributed by atoms with van der Waals surface area (Å²) in [5, 5.41) is 0. The molecule has 21 heavy (non-hydrogen) atoms. The van der Waals surface area contributed by atoms with E-state index < -0.39 is 0 Å². The number of rotatable bonds is 4. The summed E-state index contributed by atoms with van der Waals surface area (Å²) in [6.45, 7) is 2.75. The lowest BCUT2D eigenvalue weighted by Crippen LogP contribution is -2.37. The van der Waals surface area contributed by atoms with E-state index in [9.17, 15) is 4.79 Å². The van der Waals surface area contributed by atoms with Gasteiger partial charge in [-0.15, -0.1) is 12.4 Å². The zero-order valence-electron chi connectivity index (χ0n) is 13.0. The summed E-state index contributed by atoms with van der Waals surface area (Å²) in [6.07, 6.45) is 5.20. The average molecular weight is 311 g/mol. The number of carbonyl (C=O) groups is 1. The second kappa shape index (κ2) is 8.40. The molecule has 1 amide bonds. The number of halogens is 1. The molecular weight excluding hydrogens is 284 g/mol. The molecule has 0 aromatic heterocycles. The van der Waals surface area contributed by atoms with Crippen molar-refractivity contribution in [1.29, 1.82) is 0 Å². The largest absolute Gasteiger partial charge is 0.341 e. The molecule has 0 heterocycles. The van der Waals surface area contributed by atoms with Crippen LogP contribution >= 0.6 is 12.4 Å². The lowest BCUT2D eigenvalue weighted by Gasteiger charge is -2.29. The third kappa shape index (κ3) is 5.33. The molecule has 4 heteroatoms. The molecule has 1 aromatic carbocycles. The van der Waals surface area contributed by atoms with E-state index in [1.54, 1.807) is 0 Å². The quantitative estimate of drug-likeness (QED) is 0.927. The number of benzene rings is 1. The number of nitrogens with two attached hydrogens (primary N) is 1. The van der Waals surface area contributed by atoms with Crippen molar-refractivity contribution in [2.45, 2.75) is 51.6 Å². The lowest BCUT2D eigenvalue weighted by molar-refractivity contribution is -0.131. The van der Waals surface area contributed by atoms with Gasteiger partial charge < -0.3 is 10.6 Å². The fraction of sp³-hybridized carbons (Fsp3) is 0.588. The molecule has 0 spiro atoms. The Morgan fingerprint density at radius 2 is 1.86 bits per heavy atom. The topological polar surface area (TPSA) is 46.3 Å². The molecule has 1 saturated carbocycles. The SMILES string of the molecule is Cc1ccc(CN(C)C(=O)CC2CCCCC2N)cc1.Cl. The first-order valence-electron chi connectivity index (χ1n) is 7.61. The summed E-state index contributed by atoms with van der Waals surface area (Å²) < 4.78 is 0. The highest BCUT2D eigenvalue weighted by Crippen LogP contribution is 2.26. The minimum atomic E-state index is 0. The van der Waals surface area contributed by atoms with Crippen molar-refractivity contribution in [1.82, 2.24) is 4.90 Å². The van der Waals surface area contributed by atoms with Crippen LogP contribution < -0.4 is 5.73 Å². The van der Waals surface area contributed by atoms with Crippen LogP contribution in [0.25, 0.3) is 0 Å². The van der Waals surface area contributed by atoms with Crippen LogP contribution in [0.5, 0.6) is 0 Å². The van der Waals surface area contributed by atoms with Crippen molar-refractivity contribution in [3.05, 3.63) is 35.4 Å². The Hall–Kier alpha value is -1.06. The summed E-state index contributed by atoms with van der Waals surface area (Å²) in [4.78, 5) is 14.1. The predicted octanol–water partition coefficient (Wildman–Crippen LogP) is 3.28. The second-order valence-corrected chi connectivity index (χ2v) is 6.15. The standard InChI is InChI=1S/C17H26N2O.ClH/c1-13-7-9-14(10-8-13)12-19(2)17(20)11-15-5-3-4-6-16(15)18;/h7-10,15-16H,3-6,11-12,18H2,1-2H3;1H. The Kier molecular flexibility index (Phi) is 7.20. The van der Waals surface area contributed by atoms with Crippen LogP contribution in [0, 0.1) is 12.8 Å². The van der Waals surface area contributed by atoms with Gasteiger partial charge in [-0.3, -0.25) is 4.79 Å². The Morgan fingerprint density at radius 1 is 1.24 bits per heavy atom. The molecule has 118 valence electrons. The molecule has 2 N–H and O–H groups in total. The van der Waals surface area contributed by atoms with Gasteiger partial charge >= 0.3 is 0 Å². The highest BCUT2D eigenvalue weighted by atomic mass is 35.5. The van der Waals surface area contributed by atoms with E-state index >= 15 is 0 Å². The van der Waals surface area contributed by atoms with Crippen LogP contribution in [0.4, 0.5) is 0 Å². The fourth-order valence-electron chi connectivity index (χ4n) is 2.93. The maximum Gasteiger partial charge on any atom is 0.222 e. The van der Waals surface area contributed by atoms with E-state index in [-0.39, 0.29) is 24.4 Å². The summed E-state index contributed by atoms with van der Waals surface area (Å²) >= 11 is 0. The molecule has 2 atom stereocenters. The first kappa shape index (κ1) is 18.0. The molecule has 2 rings (SSSR count). The molecule has 1 aliphatic rings. The van der Waals surface area contributed by atoms with E-state index in [0.29, 0.717) is 18.9 Å². The maximum atomic E-state index is 12.3. The maximum absolute atomic E-state index is 12.3. The molecule has 1 aliphatic carbocycles. The molecule has 1 fully saturated rings. The number of nitrogens with zero attached hydrogens (tertiary/aromatic N) is 1. The van der Waals surface area contributed by atoms with Crippen LogP contribution in [-0.4, -0.2) is 23.9 Å². The van der Waals surface area contributed by atoms with Crippen LogP contribution in [-0.2, 0) is 11.3 Å². The van der Waals surface area contributed by atoms with Crippen LogP contribution in [0.15, 0.2) is 24.3 Å². The van der Waals surface area contributed by atoms with Gasteiger partial charge in [0.15, 0.2) is 0 Å². The van der Waals surface area contributed by atoms with Gasteiger partial charge in [0.2, 0.25) is 5.91 Å². The van der Waals surface area contributed by atoms with Gasteiger partial charge in [0.05, 0.1) is 0 Å². The van der Waals surface area contributed by atoms with Crippen LogP contribution in [0.1, 0.15) is 43.2 Å². The number of aryl methyl sites for hydroxylation is 1. The minimum Gasteiger partial charge on any atom is -0.341 e.